The van der Waals surface area contributed by atoms with Crippen molar-refractivity contribution >= 4 is 0 Å². The van der Waals surface area contributed by atoms with Gasteiger partial charge >= 0.3 is 0 Å². The Balaban J connectivity index is 1.56. The molecule has 0 bridgehead atoms. The van der Waals surface area contributed by atoms with Gasteiger partial charge in [0.25, 0.3) is 0 Å². The van der Waals surface area contributed by atoms with Crippen LogP contribution in [0.3, 0.4) is 0 Å². The summed E-state index contributed by atoms with van der Waals surface area (Å²) in [7, 11) is 0. The molecule has 1 N–H and O–H groups in total. The molecule has 0 radical (unpaired) electrons. The first-order valence-electron chi connectivity index (χ1n) is 11.0. The molecule has 0 spiro atoms. The lowest BCUT2D eigenvalue weighted by Gasteiger charge is -2.10. The lowest BCUT2D eigenvalue weighted by Crippen LogP contribution is -2.08. The molecule has 0 amide bonds. The van der Waals surface area contributed by atoms with Gasteiger partial charge in [0.05, 0.1) is 6.54 Å². The molecule has 2 heterocycles. The molecule has 7 nitrogen and oxygen atoms in total. The molecule has 7 heteroatoms. The normalized spacial score (nSPS) is 11.4. The summed E-state index contributed by atoms with van der Waals surface area (Å²) in [6.45, 7) is 7.40. The van der Waals surface area contributed by atoms with Gasteiger partial charge in [-0.25, -0.2) is 9.67 Å². The van der Waals surface area contributed by atoms with E-state index in [-0.39, 0.29) is 0 Å². The van der Waals surface area contributed by atoms with E-state index in [0.29, 0.717) is 11.7 Å². The van der Waals surface area contributed by atoms with E-state index in [9.17, 15) is 0 Å². The van der Waals surface area contributed by atoms with Crippen molar-refractivity contribution in [2.75, 3.05) is 0 Å². The molecule has 0 aliphatic rings. The van der Waals surface area contributed by atoms with Gasteiger partial charge in [0.1, 0.15) is 5.82 Å². The zero-order valence-corrected chi connectivity index (χ0v) is 18.4. The monoisotopic (exact) mass is 415 g/mol. The third-order valence-electron chi connectivity index (χ3n) is 5.32. The number of nitrogens with zero attached hydrogens (tertiary/aromatic N) is 6. The lowest BCUT2D eigenvalue weighted by molar-refractivity contribution is 0.546. The minimum absolute atomic E-state index is 0.598. The van der Waals surface area contributed by atoms with Crippen LogP contribution < -0.4 is 0 Å². The van der Waals surface area contributed by atoms with Gasteiger partial charge in [0.2, 0.25) is 5.82 Å². The quantitative estimate of drug-likeness (QED) is 0.428. The number of benzene rings is 2. The molecule has 0 aliphatic heterocycles. The Morgan fingerprint density at radius 3 is 2.42 bits per heavy atom. The third-order valence-corrected chi connectivity index (χ3v) is 5.32. The standard InChI is InChI=1S/C24H29N7/c1-4-7-22-25-23(15-10-17(2)3)31(28-22)16-18-11-13-19(14-12-18)20-8-5-6-9-21(20)24-26-29-30-27-24/h5-6,8-9,11-14,17H,4,7,10,15-16H2,1-3H3,(H,26,27,29,30). The van der Waals surface area contributed by atoms with Crippen molar-refractivity contribution in [2.24, 2.45) is 5.92 Å². The highest BCUT2D eigenvalue weighted by Gasteiger charge is 2.13. The number of aromatic nitrogens is 7. The summed E-state index contributed by atoms with van der Waals surface area (Å²) in [5.41, 5.74) is 4.37. The summed E-state index contributed by atoms with van der Waals surface area (Å²) in [4.78, 5) is 4.80. The Hall–Kier alpha value is -3.35. The number of hydrogen-bond donors (Lipinski definition) is 1. The summed E-state index contributed by atoms with van der Waals surface area (Å²) in [5.74, 6) is 3.29. The summed E-state index contributed by atoms with van der Waals surface area (Å²) in [6.07, 6.45) is 4.07. The molecule has 0 saturated carbocycles. The van der Waals surface area contributed by atoms with Crippen LogP contribution in [0.15, 0.2) is 48.5 Å². The number of nitrogens with one attached hydrogen (secondary N) is 1. The van der Waals surface area contributed by atoms with Gasteiger partial charge in [-0.05, 0) is 40.7 Å². The van der Waals surface area contributed by atoms with Crippen LogP contribution >= 0.6 is 0 Å². The van der Waals surface area contributed by atoms with E-state index in [4.69, 9.17) is 10.1 Å². The van der Waals surface area contributed by atoms with Gasteiger partial charge in [0, 0.05) is 18.4 Å². The molecule has 2 aromatic carbocycles. The van der Waals surface area contributed by atoms with Crippen LogP contribution in [-0.2, 0) is 19.4 Å². The van der Waals surface area contributed by atoms with Gasteiger partial charge in [-0.15, -0.1) is 10.2 Å². The maximum absolute atomic E-state index is 4.80. The van der Waals surface area contributed by atoms with Crippen molar-refractivity contribution < 1.29 is 0 Å². The van der Waals surface area contributed by atoms with Crippen molar-refractivity contribution in [1.29, 1.82) is 0 Å². The first kappa shape index (κ1) is 20.9. The highest BCUT2D eigenvalue weighted by Crippen LogP contribution is 2.29. The Kier molecular flexibility index (Phi) is 6.50. The highest BCUT2D eigenvalue weighted by atomic mass is 15.5. The van der Waals surface area contributed by atoms with Crippen molar-refractivity contribution in [3.05, 3.63) is 65.7 Å². The number of rotatable bonds is 9. The van der Waals surface area contributed by atoms with Gasteiger partial charge < -0.3 is 0 Å². The zero-order valence-electron chi connectivity index (χ0n) is 18.4. The van der Waals surface area contributed by atoms with Crippen LogP contribution in [0.25, 0.3) is 22.5 Å². The summed E-state index contributed by atoms with van der Waals surface area (Å²) in [5, 5.41) is 19.3. The minimum atomic E-state index is 0.598. The summed E-state index contributed by atoms with van der Waals surface area (Å²) in [6, 6.07) is 16.7. The van der Waals surface area contributed by atoms with Crippen molar-refractivity contribution in [3.63, 3.8) is 0 Å². The molecule has 4 rings (SSSR count). The Bertz CT molecular complexity index is 1100. The van der Waals surface area contributed by atoms with Crippen LogP contribution in [0, 0.1) is 5.92 Å². The van der Waals surface area contributed by atoms with E-state index < -0.39 is 0 Å². The molecule has 0 unspecified atom stereocenters. The number of aryl methyl sites for hydroxylation is 2. The van der Waals surface area contributed by atoms with Crippen LogP contribution in [0.4, 0.5) is 0 Å². The van der Waals surface area contributed by atoms with Gasteiger partial charge in [0.15, 0.2) is 5.82 Å². The third kappa shape index (κ3) is 5.05. The van der Waals surface area contributed by atoms with Gasteiger partial charge in [-0.1, -0.05) is 69.3 Å². The summed E-state index contributed by atoms with van der Waals surface area (Å²) >= 11 is 0. The van der Waals surface area contributed by atoms with E-state index in [1.807, 2.05) is 18.2 Å². The lowest BCUT2D eigenvalue weighted by atomic mass is 9.98. The van der Waals surface area contributed by atoms with Crippen LogP contribution in [0.1, 0.15) is 50.8 Å². The van der Waals surface area contributed by atoms with Crippen LogP contribution in [0.2, 0.25) is 0 Å². The van der Waals surface area contributed by atoms with E-state index in [1.54, 1.807) is 0 Å². The molecule has 0 aliphatic carbocycles. The maximum atomic E-state index is 4.80. The number of aromatic amines is 1. The van der Waals surface area contributed by atoms with E-state index in [0.717, 1.165) is 60.6 Å². The van der Waals surface area contributed by atoms with Gasteiger partial charge in [-0.2, -0.15) is 10.3 Å². The Morgan fingerprint density at radius 1 is 0.968 bits per heavy atom. The van der Waals surface area contributed by atoms with Crippen LogP contribution in [0.5, 0.6) is 0 Å². The fourth-order valence-electron chi connectivity index (χ4n) is 3.65. The second-order valence-corrected chi connectivity index (χ2v) is 8.26. The molecule has 31 heavy (non-hydrogen) atoms. The van der Waals surface area contributed by atoms with E-state index in [2.05, 4.69) is 76.4 Å². The topological polar surface area (TPSA) is 85.2 Å². The first-order chi connectivity index (χ1) is 15.1. The number of tetrazole rings is 1. The average Bonchev–Trinajstić information content (AvgIpc) is 3.43. The molecule has 0 atom stereocenters. The molecule has 2 aromatic heterocycles. The van der Waals surface area contributed by atoms with Crippen LogP contribution in [-0.4, -0.2) is 35.4 Å². The van der Waals surface area contributed by atoms with E-state index >= 15 is 0 Å². The second-order valence-electron chi connectivity index (χ2n) is 8.26. The largest absolute Gasteiger partial charge is 0.245 e. The predicted octanol–water partition coefficient (Wildman–Crippen LogP) is 4.71. The minimum Gasteiger partial charge on any atom is -0.245 e. The average molecular weight is 416 g/mol. The summed E-state index contributed by atoms with van der Waals surface area (Å²) < 4.78 is 2.08. The predicted molar refractivity (Wildman–Crippen MR) is 121 cm³/mol. The highest BCUT2D eigenvalue weighted by molar-refractivity contribution is 5.80. The SMILES string of the molecule is CCCc1nc(CCC(C)C)n(Cc2ccc(-c3ccccc3-c3nn[nH]n3)cc2)n1. The zero-order chi connectivity index (χ0) is 21.6. The molecule has 160 valence electrons. The molecule has 4 aromatic rings. The molecular weight excluding hydrogens is 386 g/mol. The van der Waals surface area contributed by atoms with Crippen molar-refractivity contribution in [3.8, 4) is 22.5 Å². The number of hydrogen-bond acceptors (Lipinski definition) is 5. The maximum Gasteiger partial charge on any atom is 0.205 e. The fraction of sp³-hybridized carbons (Fsp3) is 0.375. The molecule has 0 fully saturated rings. The van der Waals surface area contributed by atoms with E-state index in [1.165, 1.54) is 5.56 Å². The molecular formula is C24H29N7. The van der Waals surface area contributed by atoms with Gasteiger partial charge in [-0.3, -0.25) is 0 Å². The number of H-pyrrole nitrogens is 1. The smallest absolute Gasteiger partial charge is 0.205 e. The van der Waals surface area contributed by atoms with Crippen molar-refractivity contribution in [2.45, 2.75) is 53.0 Å². The Morgan fingerprint density at radius 2 is 1.74 bits per heavy atom. The fourth-order valence-corrected chi connectivity index (χ4v) is 3.65. The van der Waals surface area contributed by atoms with Crippen molar-refractivity contribution in [1.82, 2.24) is 35.4 Å². The first-order valence-corrected chi connectivity index (χ1v) is 11.0. The Labute approximate surface area is 182 Å². The second kappa shape index (κ2) is 9.64. The molecule has 0 saturated heterocycles.